The molecule has 6 aromatic rings. The normalized spacial score (nSPS) is 14.7. The summed E-state index contributed by atoms with van der Waals surface area (Å²) in [4.78, 5) is 88.5. The van der Waals surface area contributed by atoms with Crippen molar-refractivity contribution in [3.05, 3.63) is 102 Å². The lowest BCUT2D eigenvalue weighted by atomic mass is 10.00. The van der Waals surface area contributed by atoms with E-state index in [1.807, 2.05) is 41.1 Å². The largest absolute Gasteiger partial charge is 0.483 e. The van der Waals surface area contributed by atoms with Gasteiger partial charge in [0.1, 0.15) is 29.5 Å². The molecule has 67 heavy (non-hydrogen) atoms. The molecule has 1 unspecified atom stereocenters. The Kier molecular flexibility index (Phi) is 14.4. The molecule has 4 N–H and O–H groups in total. The average Bonchev–Trinajstić information content (AvgIpc) is 4.07. The van der Waals surface area contributed by atoms with E-state index in [1.54, 1.807) is 24.8 Å². The number of benzene rings is 2. The molecular formula is C47H48N10O10. The number of imide groups is 2. The molecule has 0 radical (unpaired) electrons. The molecule has 20 nitrogen and oxygen atoms in total. The minimum absolute atomic E-state index is 0.000456. The first-order chi connectivity index (χ1) is 32.6. The molecule has 6 heterocycles. The van der Waals surface area contributed by atoms with Crippen molar-refractivity contribution < 1.29 is 47.7 Å². The van der Waals surface area contributed by atoms with Crippen LogP contribution in [0.5, 0.6) is 5.75 Å². The van der Waals surface area contributed by atoms with Gasteiger partial charge in [0.25, 0.3) is 23.6 Å². The Hall–Kier alpha value is -7.68. The lowest BCUT2D eigenvalue weighted by Gasteiger charge is -2.27. The van der Waals surface area contributed by atoms with Crippen LogP contribution in [0.4, 0.5) is 0 Å². The number of fused-ring (bicyclic) bond motifs is 2. The molecule has 346 valence electrons. The Balaban J connectivity index is 0.693. The number of nitrogens with one attached hydrogen (secondary N) is 4. The van der Waals surface area contributed by atoms with Crippen molar-refractivity contribution in [1.29, 1.82) is 0 Å². The van der Waals surface area contributed by atoms with Crippen LogP contribution in [0.15, 0.2) is 85.6 Å². The Morgan fingerprint density at radius 1 is 0.806 bits per heavy atom. The second-order valence-corrected chi connectivity index (χ2v) is 15.9. The van der Waals surface area contributed by atoms with Gasteiger partial charge in [0.15, 0.2) is 12.4 Å². The zero-order valence-corrected chi connectivity index (χ0v) is 36.8. The van der Waals surface area contributed by atoms with Crippen LogP contribution in [0.2, 0.25) is 0 Å². The summed E-state index contributed by atoms with van der Waals surface area (Å²) in [5, 5.41) is 16.8. The number of amides is 6. The highest BCUT2D eigenvalue weighted by Gasteiger charge is 2.46. The number of nitrogens with zero attached hydrogens (tertiary/aromatic N) is 6. The molecule has 8 rings (SSSR count). The number of carbonyl (C=O) groups is 6. The third-order valence-electron chi connectivity index (χ3n) is 11.1. The van der Waals surface area contributed by atoms with Gasteiger partial charge in [0.2, 0.25) is 11.8 Å². The molecular weight excluding hydrogens is 865 g/mol. The number of hydrogen-bond acceptors (Lipinski definition) is 14. The van der Waals surface area contributed by atoms with Crippen LogP contribution in [-0.4, -0.2) is 135 Å². The predicted octanol–water partition coefficient (Wildman–Crippen LogP) is 3.51. The standard InChI is InChI=1S/C47H48N10O10/c1-28(2)56-27-52-55-43(56)30-8-6-29(7-9-30)31-22-32(25-48-24-31)33-12-13-50-42-35(33)23-36(53-42)44(60)51-15-17-65-19-21-66-20-18-64-16-14-49-40(59)26-67-38-5-3-4-34-41(38)47(63)57(46(34)62)37-10-11-39(58)54-45(37)61/h3-9,12-13,22-25,27-28,37H,10-11,14-21,26H2,1-2H3,(H,49,59)(H,50,53)(H,51,60)(H,54,58,61). The third kappa shape index (κ3) is 10.6. The minimum atomic E-state index is -1.11. The van der Waals surface area contributed by atoms with Crippen LogP contribution < -0.4 is 20.7 Å². The molecule has 1 atom stereocenters. The third-order valence-corrected chi connectivity index (χ3v) is 11.1. The van der Waals surface area contributed by atoms with E-state index >= 15 is 0 Å². The van der Waals surface area contributed by atoms with E-state index in [4.69, 9.17) is 18.9 Å². The number of aromatic amines is 1. The molecule has 0 spiro atoms. The molecule has 2 aliphatic rings. The Labute approximate surface area is 383 Å². The van der Waals surface area contributed by atoms with E-state index in [1.165, 1.54) is 18.2 Å². The van der Waals surface area contributed by atoms with Crippen LogP contribution in [0, 0.1) is 0 Å². The lowest BCUT2D eigenvalue weighted by Crippen LogP contribution is -2.54. The van der Waals surface area contributed by atoms with E-state index in [0.29, 0.717) is 31.2 Å². The van der Waals surface area contributed by atoms with Crippen molar-refractivity contribution in [2.45, 2.75) is 38.8 Å². The van der Waals surface area contributed by atoms with E-state index in [9.17, 15) is 28.8 Å². The van der Waals surface area contributed by atoms with Crippen LogP contribution >= 0.6 is 0 Å². The molecule has 20 heteroatoms. The number of piperidine rings is 1. The van der Waals surface area contributed by atoms with Gasteiger partial charge in [0.05, 0.1) is 50.8 Å². The van der Waals surface area contributed by atoms with Crippen LogP contribution in [0.3, 0.4) is 0 Å². The number of pyridine rings is 2. The van der Waals surface area contributed by atoms with Crippen molar-refractivity contribution in [3.63, 3.8) is 0 Å². The molecule has 2 aliphatic heterocycles. The molecule has 2 aromatic carbocycles. The van der Waals surface area contributed by atoms with Gasteiger partial charge < -0.3 is 39.1 Å². The van der Waals surface area contributed by atoms with E-state index in [2.05, 4.69) is 61.0 Å². The summed E-state index contributed by atoms with van der Waals surface area (Å²) in [6.45, 7) is 5.90. The van der Waals surface area contributed by atoms with Crippen molar-refractivity contribution in [1.82, 2.24) is 50.6 Å². The molecule has 1 saturated heterocycles. The topological polar surface area (TPSA) is 251 Å². The lowest BCUT2D eigenvalue weighted by molar-refractivity contribution is -0.136. The number of aromatic nitrogens is 6. The number of H-pyrrole nitrogens is 1. The summed E-state index contributed by atoms with van der Waals surface area (Å²) < 4.78 is 24.3. The molecule has 6 amide bonds. The van der Waals surface area contributed by atoms with Gasteiger partial charge in [-0.1, -0.05) is 30.3 Å². The van der Waals surface area contributed by atoms with Gasteiger partial charge >= 0.3 is 0 Å². The van der Waals surface area contributed by atoms with Gasteiger partial charge in [-0.05, 0) is 61.7 Å². The van der Waals surface area contributed by atoms with Crippen molar-refractivity contribution >= 4 is 46.5 Å². The van der Waals surface area contributed by atoms with Crippen molar-refractivity contribution in [3.8, 4) is 39.4 Å². The number of ether oxygens (including phenoxy) is 4. The Morgan fingerprint density at radius 2 is 1.52 bits per heavy atom. The highest BCUT2D eigenvalue weighted by molar-refractivity contribution is 6.24. The van der Waals surface area contributed by atoms with E-state index in [0.717, 1.165) is 43.9 Å². The zero-order chi connectivity index (χ0) is 46.9. The van der Waals surface area contributed by atoms with Gasteiger partial charge in [-0.15, -0.1) is 10.2 Å². The summed E-state index contributed by atoms with van der Waals surface area (Å²) in [5.74, 6) is -2.51. The minimum Gasteiger partial charge on any atom is -0.483 e. The smallest absolute Gasteiger partial charge is 0.267 e. The summed E-state index contributed by atoms with van der Waals surface area (Å²) in [6.07, 6.45) is 7.07. The monoisotopic (exact) mass is 912 g/mol. The summed E-state index contributed by atoms with van der Waals surface area (Å²) in [5.41, 5.74) is 5.63. The maximum atomic E-state index is 13.2. The van der Waals surface area contributed by atoms with Crippen LogP contribution in [-0.2, 0) is 28.6 Å². The van der Waals surface area contributed by atoms with Crippen molar-refractivity contribution in [2.24, 2.45) is 0 Å². The summed E-state index contributed by atoms with van der Waals surface area (Å²) >= 11 is 0. The second-order valence-electron chi connectivity index (χ2n) is 15.9. The molecule has 4 aromatic heterocycles. The molecule has 0 aliphatic carbocycles. The van der Waals surface area contributed by atoms with Crippen LogP contribution in [0.1, 0.15) is 63.9 Å². The SMILES string of the molecule is CC(C)n1cnnc1-c1ccc(-c2cncc(-c3ccnc4[nH]c(C(=O)NCCOCCOCCOCCNC(=O)COc5cccc6c5C(=O)N(C5CCC(=O)NC5=O)C6=O)cc34)c2)cc1. The van der Waals surface area contributed by atoms with Gasteiger partial charge in [-0.25, -0.2) is 4.98 Å². The average molecular weight is 913 g/mol. The first-order valence-electron chi connectivity index (χ1n) is 21.8. The molecule has 1 fully saturated rings. The quantitative estimate of drug-likeness (QED) is 0.0596. The molecule has 0 bridgehead atoms. The van der Waals surface area contributed by atoms with Gasteiger partial charge in [-0.3, -0.25) is 44.0 Å². The second kappa shape index (κ2) is 21.1. The predicted molar refractivity (Wildman–Crippen MR) is 241 cm³/mol. The fourth-order valence-electron chi connectivity index (χ4n) is 7.72. The highest BCUT2D eigenvalue weighted by Crippen LogP contribution is 2.34. The Bertz CT molecular complexity index is 2800. The molecule has 0 saturated carbocycles. The maximum Gasteiger partial charge on any atom is 0.267 e. The number of rotatable bonds is 21. The summed E-state index contributed by atoms with van der Waals surface area (Å²) in [6, 6.07) is 17.4. The van der Waals surface area contributed by atoms with E-state index < -0.39 is 42.2 Å². The van der Waals surface area contributed by atoms with Crippen LogP contribution in [0.25, 0.3) is 44.7 Å². The number of hydrogen-bond donors (Lipinski definition) is 4. The first-order valence-corrected chi connectivity index (χ1v) is 21.8. The number of carbonyl (C=O) groups excluding carboxylic acids is 6. The maximum absolute atomic E-state index is 13.2. The first kappa shape index (κ1) is 45.9. The van der Waals surface area contributed by atoms with Gasteiger partial charge in [-0.2, -0.15) is 0 Å². The Morgan fingerprint density at radius 3 is 2.27 bits per heavy atom. The summed E-state index contributed by atoms with van der Waals surface area (Å²) in [7, 11) is 0. The van der Waals surface area contributed by atoms with Crippen molar-refractivity contribution in [2.75, 3.05) is 59.3 Å². The van der Waals surface area contributed by atoms with E-state index in [-0.39, 0.29) is 74.6 Å². The zero-order valence-electron chi connectivity index (χ0n) is 36.8. The highest BCUT2D eigenvalue weighted by atomic mass is 16.5. The van der Waals surface area contributed by atoms with Gasteiger partial charge in [0, 0.05) is 66.2 Å². The fraction of sp³-hybridized carbons (Fsp3) is 0.319. The fourth-order valence-corrected chi connectivity index (χ4v) is 7.72.